The van der Waals surface area contributed by atoms with Crippen molar-refractivity contribution in [3.05, 3.63) is 35.4 Å². The molecule has 2 nitrogen and oxygen atoms in total. The molecule has 0 radical (unpaired) electrons. The lowest BCUT2D eigenvalue weighted by Crippen LogP contribution is -2.33. The van der Waals surface area contributed by atoms with Gasteiger partial charge in [-0.1, -0.05) is 44.5 Å². The van der Waals surface area contributed by atoms with Crippen LogP contribution in [0.1, 0.15) is 56.8 Å². The van der Waals surface area contributed by atoms with Crippen molar-refractivity contribution in [3.63, 3.8) is 0 Å². The van der Waals surface area contributed by atoms with Crippen LogP contribution in [0.25, 0.3) is 0 Å². The van der Waals surface area contributed by atoms with Crippen LogP contribution in [0.3, 0.4) is 0 Å². The van der Waals surface area contributed by atoms with Crippen molar-refractivity contribution in [1.29, 1.82) is 0 Å². The summed E-state index contributed by atoms with van der Waals surface area (Å²) >= 11 is 0. The van der Waals surface area contributed by atoms with Crippen LogP contribution in [0.5, 0.6) is 0 Å². The maximum Gasteiger partial charge on any atom is 0.0842 e. The van der Waals surface area contributed by atoms with Gasteiger partial charge < -0.3 is 10.1 Å². The Bertz CT molecular complexity index is 377. The molecule has 1 heterocycles. The summed E-state index contributed by atoms with van der Waals surface area (Å²) in [6.07, 6.45) is 6.12. The minimum Gasteiger partial charge on any atom is -0.373 e. The molecule has 0 fully saturated rings. The molecule has 2 rings (SSSR count). The fourth-order valence-corrected chi connectivity index (χ4v) is 2.93. The number of hydrogen-bond donors (Lipinski definition) is 1. The lowest BCUT2D eigenvalue weighted by molar-refractivity contribution is 0.0288. The van der Waals surface area contributed by atoms with Crippen LogP contribution in [0, 0.1) is 0 Å². The largest absolute Gasteiger partial charge is 0.373 e. The van der Waals surface area contributed by atoms with Gasteiger partial charge in [0.2, 0.25) is 0 Å². The fourth-order valence-electron chi connectivity index (χ4n) is 2.93. The third-order valence-corrected chi connectivity index (χ3v) is 3.91. The Labute approximate surface area is 117 Å². The van der Waals surface area contributed by atoms with E-state index < -0.39 is 0 Å². The van der Waals surface area contributed by atoms with Crippen molar-refractivity contribution in [2.75, 3.05) is 13.2 Å². The van der Waals surface area contributed by atoms with E-state index in [1.807, 2.05) is 0 Å². The van der Waals surface area contributed by atoms with E-state index >= 15 is 0 Å². The number of nitrogens with one attached hydrogen (secondary N) is 1. The van der Waals surface area contributed by atoms with Crippen molar-refractivity contribution in [2.45, 2.75) is 58.1 Å². The predicted octanol–water partition coefficient (Wildman–Crippen LogP) is 3.86. The molecule has 1 aromatic carbocycles. The molecule has 106 valence electrons. The van der Waals surface area contributed by atoms with Gasteiger partial charge in [-0.15, -0.1) is 0 Å². The second-order valence-corrected chi connectivity index (χ2v) is 5.48. The first-order chi connectivity index (χ1) is 9.35. The van der Waals surface area contributed by atoms with Gasteiger partial charge in [0.25, 0.3) is 0 Å². The molecule has 1 aliphatic rings. The minimum absolute atomic E-state index is 0.283. The molecule has 0 amide bonds. The average molecular weight is 261 g/mol. The summed E-state index contributed by atoms with van der Waals surface area (Å²) < 4.78 is 6.02. The third-order valence-electron chi connectivity index (χ3n) is 3.91. The Hall–Kier alpha value is -0.860. The first-order valence-corrected chi connectivity index (χ1v) is 7.78. The highest BCUT2D eigenvalue weighted by Gasteiger charge is 2.23. The van der Waals surface area contributed by atoms with Crippen molar-refractivity contribution in [1.82, 2.24) is 5.32 Å². The first-order valence-electron chi connectivity index (χ1n) is 7.78. The summed E-state index contributed by atoms with van der Waals surface area (Å²) in [6, 6.07) is 9.34. The van der Waals surface area contributed by atoms with Gasteiger partial charge in [-0.2, -0.15) is 0 Å². The molecule has 0 aromatic heterocycles. The predicted molar refractivity (Wildman–Crippen MR) is 80.4 cm³/mol. The molecule has 0 saturated heterocycles. The number of benzene rings is 1. The highest BCUT2D eigenvalue weighted by atomic mass is 16.5. The fraction of sp³-hybridized carbons (Fsp3) is 0.647. The molecule has 1 aliphatic heterocycles. The lowest BCUT2D eigenvalue weighted by atomic mass is 9.92. The summed E-state index contributed by atoms with van der Waals surface area (Å²) in [5.74, 6) is 0. The quantitative estimate of drug-likeness (QED) is 0.804. The maximum atomic E-state index is 6.02. The van der Waals surface area contributed by atoms with Crippen LogP contribution in [0.4, 0.5) is 0 Å². The number of fused-ring (bicyclic) bond motifs is 1. The zero-order valence-corrected chi connectivity index (χ0v) is 12.3. The summed E-state index contributed by atoms with van der Waals surface area (Å²) in [7, 11) is 0. The summed E-state index contributed by atoms with van der Waals surface area (Å²) in [6.45, 7) is 6.46. The third kappa shape index (κ3) is 4.05. The van der Waals surface area contributed by atoms with E-state index in [2.05, 4.69) is 43.4 Å². The van der Waals surface area contributed by atoms with E-state index in [0.29, 0.717) is 6.04 Å². The topological polar surface area (TPSA) is 21.3 Å². The molecule has 2 atom stereocenters. The van der Waals surface area contributed by atoms with Gasteiger partial charge >= 0.3 is 0 Å². The van der Waals surface area contributed by atoms with E-state index in [1.54, 1.807) is 0 Å². The first kappa shape index (κ1) is 14.5. The van der Waals surface area contributed by atoms with Crippen molar-refractivity contribution >= 4 is 0 Å². The van der Waals surface area contributed by atoms with Gasteiger partial charge in [-0.25, -0.2) is 0 Å². The molecule has 1 aromatic rings. The van der Waals surface area contributed by atoms with Gasteiger partial charge in [0.15, 0.2) is 0 Å². The van der Waals surface area contributed by atoms with Gasteiger partial charge in [-0.05, 0) is 43.4 Å². The molecule has 1 N–H and O–H groups in total. The summed E-state index contributed by atoms with van der Waals surface area (Å²) in [5.41, 5.74) is 2.89. The molecule has 2 unspecified atom stereocenters. The van der Waals surface area contributed by atoms with E-state index in [-0.39, 0.29) is 6.10 Å². The van der Waals surface area contributed by atoms with E-state index in [0.717, 1.165) is 26.0 Å². The maximum absolute atomic E-state index is 6.02. The van der Waals surface area contributed by atoms with Crippen LogP contribution in [-0.2, 0) is 11.2 Å². The zero-order valence-electron chi connectivity index (χ0n) is 12.3. The SMILES string of the molecule is CCCNC(CCC)CC1OCCc2ccccc21. The highest BCUT2D eigenvalue weighted by molar-refractivity contribution is 5.31. The number of hydrogen-bond acceptors (Lipinski definition) is 2. The van der Waals surface area contributed by atoms with Crippen LogP contribution in [0.15, 0.2) is 24.3 Å². The molecule has 0 spiro atoms. The summed E-state index contributed by atoms with van der Waals surface area (Å²) in [5, 5.41) is 3.67. The highest BCUT2D eigenvalue weighted by Crippen LogP contribution is 2.31. The Kier molecular flexibility index (Phi) is 5.87. The minimum atomic E-state index is 0.283. The lowest BCUT2D eigenvalue weighted by Gasteiger charge is -2.29. The van der Waals surface area contributed by atoms with Crippen LogP contribution in [0.2, 0.25) is 0 Å². The van der Waals surface area contributed by atoms with Gasteiger partial charge in [0.1, 0.15) is 0 Å². The van der Waals surface area contributed by atoms with E-state index in [1.165, 1.54) is 30.4 Å². The molecule has 19 heavy (non-hydrogen) atoms. The molecular weight excluding hydrogens is 234 g/mol. The molecule has 0 saturated carbocycles. The van der Waals surface area contributed by atoms with Crippen molar-refractivity contribution < 1.29 is 4.74 Å². The Morgan fingerprint density at radius 1 is 1.26 bits per heavy atom. The second kappa shape index (κ2) is 7.66. The molecule has 0 aliphatic carbocycles. The Morgan fingerprint density at radius 2 is 2.11 bits per heavy atom. The van der Waals surface area contributed by atoms with Crippen molar-refractivity contribution in [2.24, 2.45) is 0 Å². The van der Waals surface area contributed by atoms with E-state index in [9.17, 15) is 0 Å². The monoisotopic (exact) mass is 261 g/mol. The van der Waals surface area contributed by atoms with Crippen molar-refractivity contribution in [3.8, 4) is 0 Å². The van der Waals surface area contributed by atoms with Crippen LogP contribution < -0.4 is 5.32 Å². The number of ether oxygens (including phenoxy) is 1. The zero-order chi connectivity index (χ0) is 13.5. The standard InChI is InChI=1S/C17H27NO/c1-3-7-15(18-11-4-2)13-17-16-9-6-5-8-14(16)10-12-19-17/h5-6,8-9,15,17-18H,3-4,7,10-13H2,1-2H3. The normalized spacial score (nSPS) is 20.0. The van der Waals surface area contributed by atoms with Crippen LogP contribution in [-0.4, -0.2) is 19.2 Å². The van der Waals surface area contributed by atoms with Gasteiger partial charge in [-0.3, -0.25) is 0 Å². The molecule has 2 heteroatoms. The second-order valence-electron chi connectivity index (χ2n) is 5.48. The van der Waals surface area contributed by atoms with Gasteiger partial charge in [0, 0.05) is 6.04 Å². The smallest absolute Gasteiger partial charge is 0.0842 e. The number of rotatable bonds is 7. The van der Waals surface area contributed by atoms with Gasteiger partial charge in [0.05, 0.1) is 12.7 Å². The Balaban J connectivity index is 2.01. The molecule has 0 bridgehead atoms. The Morgan fingerprint density at radius 3 is 2.89 bits per heavy atom. The molecular formula is C17H27NO. The summed E-state index contributed by atoms with van der Waals surface area (Å²) in [4.78, 5) is 0. The van der Waals surface area contributed by atoms with E-state index in [4.69, 9.17) is 4.74 Å². The average Bonchev–Trinajstić information content (AvgIpc) is 2.45. The van der Waals surface area contributed by atoms with Crippen LogP contribution >= 0.6 is 0 Å².